The number of rotatable bonds is 5. The van der Waals surface area contributed by atoms with Gasteiger partial charge in [-0.2, -0.15) is 0 Å². The number of alkyl halides is 2. The van der Waals surface area contributed by atoms with Crippen LogP contribution >= 0.6 is 59.1 Å². The highest BCUT2D eigenvalue weighted by molar-refractivity contribution is 9.10. The average molecular weight is 467 g/mol. The van der Waals surface area contributed by atoms with E-state index in [1.807, 2.05) is 11.3 Å². The van der Waals surface area contributed by atoms with Gasteiger partial charge < -0.3 is 0 Å². The first-order valence-corrected chi connectivity index (χ1v) is 9.93. The fourth-order valence-corrected chi connectivity index (χ4v) is 5.71. The first-order valence-electron chi connectivity index (χ1n) is 6.01. The molecule has 0 radical (unpaired) electrons. The second-order valence-corrected chi connectivity index (χ2v) is 7.86. The highest BCUT2D eigenvalue weighted by Gasteiger charge is 2.31. The van der Waals surface area contributed by atoms with Crippen LogP contribution in [0.2, 0.25) is 0 Å². The maximum Gasteiger partial charge on any atom is 0.0285 e. The van der Waals surface area contributed by atoms with Crippen molar-refractivity contribution in [1.82, 2.24) is 0 Å². The molecule has 0 aliphatic rings. The van der Waals surface area contributed by atoms with E-state index in [0.29, 0.717) is 0 Å². The van der Waals surface area contributed by atoms with E-state index < -0.39 is 0 Å². The van der Waals surface area contributed by atoms with E-state index in [2.05, 4.69) is 90.4 Å². The molecule has 2 aromatic rings. The smallest absolute Gasteiger partial charge is 0.0285 e. The second kappa shape index (κ2) is 6.88. The normalized spacial score (nSPS) is 11.8. The average Bonchev–Trinajstić information content (AvgIpc) is 2.81. The van der Waals surface area contributed by atoms with Crippen LogP contribution in [0, 0.1) is 6.92 Å². The van der Waals surface area contributed by atoms with Gasteiger partial charge in [0.25, 0.3) is 0 Å². The molecule has 1 aromatic carbocycles. The van der Waals surface area contributed by atoms with E-state index in [0.717, 1.165) is 17.1 Å². The number of aryl methyl sites for hydroxylation is 1. The van der Waals surface area contributed by atoms with Crippen molar-refractivity contribution in [2.24, 2.45) is 0 Å². The predicted molar refractivity (Wildman–Crippen MR) is 96.2 cm³/mol. The van der Waals surface area contributed by atoms with Gasteiger partial charge in [-0.15, -0.1) is 11.3 Å². The number of thiophene rings is 1. The number of halogens is 3. The summed E-state index contributed by atoms with van der Waals surface area (Å²) in [5.74, 6) is 0. The highest BCUT2D eigenvalue weighted by atomic mass is 79.9. The standard InChI is InChI=1S/C15H15Br3S/c1-11-3-2-4-12(5-11)15(9-16,10-17)7-14-6-13(18)8-19-14/h2-6,8H,7,9-10H2,1H3. The largest absolute Gasteiger partial charge is 0.148 e. The van der Waals surface area contributed by atoms with Crippen molar-refractivity contribution >= 4 is 59.1 Å². The van der Waals surface area contributed by atoms with Gasteiger partial charge in [0.05, 0.1) is 0 Å². The van der Waals surface area contributed by atoms with E-state index in [-0.39, 0.29) is 5.41 Å². The van der Waals surface area contributed by atoms with Gasteiger partial charge in [-0.1, -0.05) is 61.7 Å². The minimum atomic E-state index is 0.107. The second-order valence-electron chi connectivity index (χ2n) is 4.83. The summed E-state index contributed by atoms with van der Waals surface area (Å²) >= 11 is 12.8. The molecule has 0 N–H and O–H groups in total. The van der Waals surface area contributed by atoms with Crippen molar-refractivity contribution in [1.29, 1.82) is 0 Å². The van der Waals surface area contributed by atoms with Crippen molar-refractivity contribution in [2.75, 3.05) is 10.7 Å². The maximum absolute atomic E-state index is 3.72. The summed E-state index contributed by atoms with van der Waals surface area (Å²) in [4.78, 5) is 1.41. The Balaban J connectivity index is 2.37. The molecule has 0 amide bonds. The molecule has 2 rings (SSSR count). The third-order valence-corrected chi connectivity index (χ3v) is 7.12. The van der Waals surface area contributed by atoms with Gasteiger partial charge in [-0.3, -0.25) is 0 Å². The molecule has 0 unspecified atom stereocenters. The summed E-state index contributed by atoms with van der Waals surface area (Å²) in [5.41, 5.74) is 2.82. The van der Waals surface area contributed by atoms with Crippen LogP contribution in [0.4, 0.5) is 0 Å². The number of hydrogen-bond donors (Lipinski definition) is 0. The van der Waals surface area contributed by atoms with Crippen molar-refractivity contribution in [3.8, 4) is 0 Å². The lowest BCUT2D eigenvalue weighted by Crippen LogP contribution is -2.32. The molecular weight excluding hydrogens is 452 g/mol. The monoisotopic (exact) mass is 464 g/mol. The molecule has 0 spiro atoms. The van der Waals surface area contributed by atoms with Gasteiger partial charge in [-0.25, -0.2) is 0 Å². The zero-order valence-electron chi connectivity index (χ0n) is 10.6. The quantitative estimate of drug-likeness (QED) is 0.468. The lowest BCUT2D eigenvalue weighted by molar-refractivity contribution is 0.555. The Morgan fingerprint density at radius 3 is 2.42 bits per heavy atom. The Hall–Kier alpha value is 0.360. The van der Waals surface area contributed by atoms with Crippen molar-refractivity contribution in [2.45, 2.75) is 18.8 Å². The van der Waals surface area contributed by atoms with E-state index in [1.54, 1.807) is 0 Å². The van der Waals surface area contributed by atoms with Crippen LogP contribution in [0.15, 0.2) is 40.2 Å². The first-order chi connectivity index (χ1) is 9.09. The van der Waals surface area contributed by atoms with Gasteiger partial charge >= 0.3 is 0 Å². The molecule has 0 aliphatic heterocycles. The van der Waals surface area contributed by atoms with Crippen LogP contribution in [-0.2, 0) is 11.8 Å². The summed E-state index contributed by atoms with van der Waals surface area (Å²) < 4.78 is 1.18. The van der Waals surface area contributed by atoms with Crippen LogP contribution in [-0.4, -0.2) is 10.7 Å². The molecule has 19 heavy (non-hydrogen) atoms. The molecule has 1 aromatic heterocycles. The molecule has 0 saturated heterocycles. The molecule has 0 saturated carbocycles. The molecule has 0 bridgehead atoms. The molecule has 0 atom stereocenters. The summed E-state index contributed by atoms with van der Waals surface area (Å²) in [6.07, 6.45) is 1.04. The minimum absolute atomic E-state index is 0.107. The van der Waals surface area contributed by atoms with Crippen LogP contribution in [0.25, 0.3) is 0 Å². The first kappa shape index (κ1) is 15.7. The van der Waals surface area contributed by atoms with Gasteiger partial charge in [0.2, 0.25) is 0 Å². The third-order valence-electron chi connectivity index (χ3n) is 3.28. The Labute approximate surface area is 144 Å². The summed E-state index contributed by atoms with van der Waals surface area (Å²) in [7, 11) is 0. The maximum atomic E-state index is 3.72. The molecule has 0 nitrogen and oxygen atoms in total. The predicted octanol–water partition coefficient (Wildman–Crippen LogP) is 6.09. The molecule has 1 heterocycles. The van der Waals surface area contributed by atoms with Crippen molar-refractivity contribution in [3.63, 3.8) is 0 Å². The topological polar surface area (TPSA) is 0 Å². The van der Waals surface area contributed by atoms with Crippen LogP contribution < -0.4 is 0 Å². The molecular formula is C15H15Br3S. The third kappa shape index (κ3) is 3.72. The lowest BCUT2D eigenvalue weighted by atomic mass is 9.80. The zero-order valence-corrected chi connectivity index (χ0v) is 16.2. The lowest BCUT2D eigenvalue weighted by Gasteiger charge is -2.30. The van der Waals surface area contributed by atoms with E-state index >= 15 is 0 Å². The summed E-state index contributed by atoms with van der Waals surface area (Å²) in [5, 5.41) is 4.05. The van der Waals surface area contributed by atoms with Gasteiger partial charge in [0.15, 0.2) is 0 Å². The van der Waals surface area contributed by atoms with Crippen LogP contribution in [0.3, 0.4) is 0 Å². The van der Waals surface area contributed by atoms with E-state index in [4.69, 9.17) is 0 Å². The number of hydrogen-bond acceptors (Lipinski definition) is 1. The summed E-state index contributed by atoms with van der Waals surface area (Å²) in [6.45, 7) is 2.15. The van der Waals surface area contributed by atoms with Crippen LogP contribution in [0.5, 0.6) is 0 Å². The molecule has 4 heteroatoms. The fraction of sp³-hybridized carbons (Fsp3) is 0.333. The van der Waals surface area contributed by atoms with Crippen LogP contribution in [0.1, 0.15) is 16.0 Å². The van der Waals surface area contributed by atoms with E-state index in [9.17, 15) is 0 Å². The molecule has 0 fully saturated rings. The van der Waals surface area contributed by atoms with Crippen molar-refractivity contribution < 1.29 is 0 Å². The van der Waals surface area contributed by atoms with Crippen molar-refractivity contribution in [3.05, 3.63) is 56.2 Å². The number of benzene rings is 1. The molecule has 0 aliphatic carbocycles. The van der Waals surface area contributed by atoms with Gasteiger partial charge in [0, 0.05) is 30.8 Å². The Morgan fingerprint density at radius 2 is 1.89 bits per heavy atom. The van der Waals surface area contributed by atoms with Gasteiger partial charge in [-0.05, 0) is 40.9 Å². The molecule has 102 valence electrons. The van der Waals surface area contributed by atoms with E-state index in [1.165, 1.54) is 20.5 Å². The summed E-state index contributed by atoms with van der Waals surface area (Å²) in [6, 6.07) is 11.1. The Morgan fingerprint density at radius 1 is 1.16 bits per heavy atom. The highest BCUT2D eigenvalue weighted by Crippen LogP contribution is 2.35. The van der Waals surface area contributed by atoms with Gasteiger partial charge in [0.1, 0.15) is 0 Å². The minimum Gasteiger partial charge on any atom is -0.148 e. The SMILES string of the molecule is Cc1cccc(C(CBr)(CBr)Cc2cc(Br)cs2)c1. The zero-order chi connectivity index (χ0) is 13.9. The Kier molecular flexibility index (Phi) is 5.70. The Bertz CT molecular complexity index is 544. The fourth-order valence-electron chi connectivity index (χ4n) is 2.14.